The average molecular weight is 312 g/mol. The summed E-state index contributed by atoms with van der Waals surface area (Å²) in [7, 11) is -3.58. The molecule has 2 rings (SSSR count). The Kier molecular flexibility index (Phi) is 4.24. The van der Waals surface area contributed by atoms with Gasteiger partial charge in [0, 0.05) is 10.9 Å². The smallest absolute Gasteiger partial charge is 0.272 e. The van der Waals surface area contributed by atoms with E-state index in [0.717, 1.165) is 4.88 Å². The molecular formula is C12H16N4O2S2. The van der Waals surface area contributed by atoms with Crippen LogP contribution in [0.1, 0.15) is 18.7 Å². The summed E-state index contributed by atoms with van der Waals surface area (Å²) in [5, 5.41) is 10.8. The number of anilines is 2. The monoisotopic (exact) mass is 312 g/mol. The molecule has 2 heterocycles. The largest absolute Gasteiger partial charge is 0.366 e. The van der Waals surface area contributed by atoms with Crippen LogP contribution < -0.4 is 10.0 Å². The molecule has 0 aromatic carbocycles. The molecule has 0 amide bonds. The number of sulfonamides is 1. The summed E-state index contributed by atoms with van der Waals surface area (Å²) < 4.78 is 26.9. The second kappa shape index (κ2) is 5.76. The number of nitrogens with one attached hydrogen (secondary N) is 2. The van der Waals surface area contributed by atoms with Crippen molar-refractivity contribution in [1.82, 2.24) is 10.2 Å². The molecule has 0 aliphatic heterocycles. The van der Waals surface area contributed by atoms with Gasteiger partial charge in [-0.15, -0.1) is 21.5 Å². The third-order valence-electron chi connectivity index (χ3n) is 2.32. The second-order valence-electron chi connectivity index (χ2n) is 4.57. The van der Waals surface area contributed by atoms with E-state index in [1.165, 1.54) is 11.3 Å². The highest BCUT2D eigenvalue weighted by molar-refractivity contribution is 7.94. The first-order valence-corrected chi connectivity index (χ1v) is 8.36. The van der Waals surface area contributed by atoms with E-state index in [2.05, 4.69) is 20.2 Å². The predicted octanol–water partition coefficient (Wildman–Crippen LogP) is 2.47. The van der Waals surface area contributed by atoms with Crippen LogP contribution in [0.4, 0.5) is 11.6 Å². The SMILES string of the molecule is Cc1ccc(S(=O)(=O)Nc2ccc(NC(C)C)nn2)s1. The summed E-state index contributed by atoms with van der Waals surface area (Å²) in [6.45, 7) is 5.82. The van der Waals surface area contributed by atoms with Gasteiger partial charge in [-0.3, -0.25) is 4.72 Å². The lowest BCUT2D eigenvalue weighted by atomic mass is 10.4. The van der Waals surface area contributed by atoms with Crippen LogP contribution in [0.5, 0.6) is 0 Å². The van der Waals surface area contributed by atoms with Crippen molar-refractivity contribution in [3.8, 4) is 0 Å². The number of hydrogen-bond acceptors (Lipinski definition) is 6. The molecule has 6 nitrogen and oxygen atoms in total. The average Bonchev–Trinajstić information content (AvgIpc) is 2.78. The van der Waals surface area contributed by atoms with Crippen molar-refractivity contribution in [2.45, 2.75) is 31.0 Å². The fraction of sp³-hybridized carbons (Fsp3) is 0.333. The fourth-order valence-corrected chi connectivity index (χ4v) is 3.78. The standard InChI is InChI=1S/C12H16N4O2S2/c1-8(2)13-10-5-6-11(15-14-10)16-20(17,18)12-7-4-9(3)19-12/h4-8H,1-3H3,(H,13,14)(H,15,16). The highest BCUT2D eigenvalue weighted by Crippen LogP contribution is 2.22. The van der Waals surface area contributed by atoms with Gasteiger partial charge in [0.2, 0.25) is 0 Å². The van der Waals surface area contributed by atoms with Gasteiger partial charge < -0.3 is 5.32 Å². The number of thiophene rings is 1. The van der Waals surface area contributed by atoms with Crippen LogP contribution in [0.2, 0.25) is 0 Å². The molecule has 2 aromatic heterocycles. The van der Waals surface area contributed by atoms with E-state index in [9.17, 15) is 8.42 Å². The normalized spacial score (nSPS) is 11.6. The minimum atomic E-state index is -3.58. The fourth-order valence-electron chi connectivity index (χ4n) is 1.50. The zero-order chi connectivity index (χ0) is 14.8. The van der Waals surface area contributed by atoms with Gasteiger partial charge >= 0.3 is 0 Å². The number of aryl methyl sites for hydroxylation is 1. The van der Waals surface area contributed by atoms with Crippen molar-refractivity contribution >= 4 is 33.0 Å². The molecular weight excluding hydrogens is 296 g/mol. The molecule has 0 fully saturated rings. The summed E-state index contributed by atoms with van der Waals surface area (Å²) >= 11 is 1.21. The quantitative estimate of drug-likeness (QED) is 0.886. The van der Waals surface area contributed by atoms with Gasteiger partial charge in [0.1, 0.15) is 10.0 Å². The molecule has 8 heteroatoms. The maximum atomic E-state index is 12.1. The summed E-state index contributed by atoms with van der Waals surface area (Å²) in [5.41, 5.74) is 0. The van der Waals surface area contributed by atoms with Gasteiger partial charge in [0.15, 0.2) is 5.82 Å². The van der Waals surface area contributed by atoms with E-state index in [1.54, 1.807) is 24.3 Å². The van der Waals surface area contributed by atoms with Gasteiger partial charge in [0.25, 0.3) is 10.0 Å². The van der Waals surface area contributed by atoms with Gasteiger partial charge in [-0.2, -0.15) is 0 Å². The Hall–Kier alpha value is -1.67. The van der Waals surface area contributed by atoms with Crippen molar-refractivity contribution in [3.63, 3.8) is 0 Å². The van der Waals surface area contributed by atoms with E-state index in [0.29, 0.717) is 5.82 Å². The molecule has 0 unspecified atom stereocenters. The molecule has 0 saturated carbocycles. The summed E-state index contributed by atoms with van der Waals surface area (Å²) in [6, 6.07) is 6.84. The summed E-state index contributed by atoms with van der Waals surface area (Å²) in [4.78, 5) is 0.938. The number of nitrogens with zero attached hydrogens (tertiary/aromatic N) is 2. The van der Waals surface area contributed by atoms with E-state index >= 15 is 0 Å². The van der Waals surface area contributed by atoms with Crippen LogP contribution in [0.15, 0.2) is 28.5 Å². The number of hydrogen-bond donors (Lipinski definition) is 2. The van der Waals surface area contributed by atoms with Gasteiger partial charge in [-0.05, 0) is 45.0 Å². The van der Waals surface area contributed by atoms with E-state index in [4.69, 9.17) is 0 Å². The predicted molar refractivity (Wildman–Crippen MR) is 80.7 cm³/mol. The molecule has 0 aliphatic carbocycles. The second-order valence-corrected chi connectivity index (χ2v) is 7.77. The Bertz CT molecular complexity index is 678. The van der Waals surface area contributed by atoms with Crippen LogP contribution in [0.3, 0.4) is 0 Å². The Morgan fingerprint density at radius 1 is 1.10 bits per heavy atom. The minimum Gasteiger partial charge on any atom is -0.366 e. The van der Waals surface area contributed by atoms with Crippen molar-refractivity contribution in [2.75, 3.05) is 10.0 Å². The van der Waals surface area contributed by atoms with Gasteiger partial charge in [-0.25, -0.2) is 8.42 Å². The Balaban J connectivity index is 2.13. The molecule has 108 valence electrons. The van der Waals surface area contributed by atoms with Crippen LogP contribution in [0.25, 0.3) is 0 Å². The highest BCUT2D eigenvalue weighted by atomic mass is 32.2. The van der Waals surface area contributed by atoms with Crippen LogP contribution in [-0.2, 0) is 10.0 Å². The number of aromatic nitrogens is 2. The topological polar surface area (TPSA) is 84.0 Å². The highest BCUT2D eigenvalue weighted by Gasteiger charge is 2.17. The first-order valence-electron chi connectivity index (χ1n) is 6.06. The molecule has 20 heavy (non-hydrogen) atoms. The summed E-state index contributed by atoms with van der Waals surface area (Å²) in [6.07, 6.45) is 0. The molecule has 0 atom stereocenters. The van der Waals surface area contributed by atoms with Crippen LogP contribution >= 0.6 is 11.3 Å². The van der Waals surface area contributed by atoms with Crippen LogP contribution in [-0.4, -0.2) is 24.7 Å². The maximum absolute atomic E-state index is 12.1. The number of rotatable bonds is 5. The molecule has 0 spiro atoms. The van der Waals surface area contributed by atoms with Crippen molar-refractivity contribution < 1.29 is 8.42 Å². The zero-order valence-corrected chi connectivity index (χ0v) is 13.0. The Morgan fingerprint density at radius 3 is 2.25 bits per heavy atom. The third-order valence-corrected chi connectivity index (χ3v) is 5.17. The molecule has 0 saturated heterocycles. The van der Waals surface area contributed by atoms with Crippen molar-refractivity contribution in [1.29, 1.82) is 0 Å². The van der Waals surface area contributed by atoms with E-state index < -0.39 is 10.0 Å². The lowest BCUT2D eigenvalue weighted by molar-refractivity contribution is 0.603. The molecule has 0 aliphatic rings. The van der Waals surface area contributed by atoms with E-state index in [1.807, 2.05) is 20.8 Å². The molecule has 2 aromatic rings. The van der Waals surface area contributed by atoms with Gasteiger partial charge in [0.05, 0.1) is 0 Å². The van der Waals surface area contributed by atoms with Crippen LogP contribution in [0, 0.1) is 6.92 Å². The molecule has 0 radical (unpaired) electrons. The van der Waals surface area contributed by atoms with Crippen molar-refractivity contribution in [3.05, 3.63) is 29.1 Å². The Labute approximate surface area is 122 Å². The minimum absolute atomic E-state index is 0.199. The van der Waals surface area contributed by atoms with Crippen molar-refractivity contribution in [2.24, 2.45) is 0 Å². The molecule has 0 bridgehead atoms. The lowest BCUT2D eigenvalue weighted by Gasteiger charge is -2.09. The first kappa shape index (κ1) is 14.7. The maximum Gasteiger partial charge on any atom is 0.272 e. The van der Waals surface area contributed by atoms with Gasteiger partial charge in [-0.1, -0.05) is 0 Å². The first-order chi connectivity index (χ1) is 9.37. The third kappa shape index (κ3) is 3.67. The molecule has 2 N–H and O–H groups in total. The van der Waals surface area contributed by atoms with E-state index in [-0.39, 0.29) is 16.1 Å². The summed E-state index contributed by atoms with van der Waals surface area (Å²) in [5.74, 6) is 0.806. The lowest BCUT2D eigenvalue weighted by Crippen LogP contribution is -2.15. The zero-order valence-electron chi connectivity index (χ0n) is 11.4. The Morgan fingerprint density at radius 2 is 1.75 bits per heavy atom.